The summed E-state index contributed by atoms with van der Waals surface area (Å²) in [5.41, 5.74) is 9.73. The van der Waals surface area contributed by atoms with E-state index in [0.29, 0.717) is 12.1 Å². The number of nitrogen functional groups attached to an aromatic ring is 1. The molecule has 8 heteroatoms. The van der Waals surface area contributed by atoms with E-state index in [2.05, 4.69) is 24.1 Å². The molecular weight excluding hydrogens is 442 g/mol. The zero-order valence-electron chi connectivity index (χ0n) is 18.8. The lowest BCUT2D eigenvalue weighted by atomic mass is 9.96. The Morgan fingerprint density at radius 3 is 2.78 bits per heavy atom. The second kappa shape index (κ2) is 11.7. The van der Waals surface area contributed by atoms with E-state index in [-0.39, 0.29) is 16.0 Å². The standard InChI is InChI=1S/C24H33N3O3S2/c1-24(2,16-31-14-13-30-12-10-17-5-3-4-6-19(17)25)15-26-11-9-18-7-8-20(28)21-22(18)32-23(29)27-21/h3-8,26,28H,9-16,25H2,1-2H3,(H,27,29). The van der Waals surface area contributed by atoms with Crippen molar-refractivity contribution in [3.05, 3.63) is 57.2 Å². The van der Waals surface area contributed by atoms with Crippen LogP contribution in [-0.2, 0) is 17.6 Å². The number of fused-ring (bicyclic) bond motifs is 1. The van der Waals surface area contributed by atoms with Crippen molar-refractivity contribution in [2.45, 2.75) is 26.7 Å². The van der Waals surface area contributed by atoms with E-state index >= 15 is 0 Å². The van der Waals surface area contributed by atoms with E-state index in [1.54, 1.807) is 6.07 Å². The van der Waals surface area contributed by atoms with Crippen molar-refractivity contribution in [2.75, 3.05) is 43.5 Å². The first kappa shape index (κ1) is 24.6. The number of aromatic amines is 1. The zero-order valence-corrected chi connectivity index (χ0v) is 20.4. The average molecular weight is 476 g/mol. The minimum Gasteiger partial charge on any atom is -0.506 e. The maximum atomic E-state index is 11.6. The number of anilines is 1. The Morgan fingerprint density at radius 1 is 1.16 bits per heavy atom. The van der Waals surface area contributed by atoms with Crippen LogP contribution in [0.5, 0.6) is 5.75 Å². The van der Waals surface area contributed by atoms with Gasteiger partial charge in [0.15, 0.2) is 0 Å². The summed E-state index contributed by atoms with van der Waals surface area (Å²) in [7, 11) is 0. The van der Waals surface area contributed by atoms with Crippen molar-refractivity contribution in [3.8, 4) is 5.75 Å². The van der Waals surface area contributed by atoms with Crippen LogP contribution in [0.1, 0.15) is 25.0 Å². The summed E-state index contributed by atoms with van der Waals surface area (Å²) in [6.45, 7) is 7.72. The number of thioether (sulfide) groups is 1. The number of aromatic nitrogens is 1. The van der Waals surface area contributed by atoms with E-state index in [9.17, 15) is 9.90 Å². The molecule has 32 heavy (non-hydrogen) atoms. The summed E-state index contributed by atoms with van der Waals surface area (Å²) in [6, 6.07) is 11.5. The van der Waals surface area contributed by atoms with Gasteiger partial charge in [0, 0.05) is 18.0 Å². The molecule has 0 saturated carbocycles. The highest BCUT2D eigenvalue weighted by Gasteiger charge is 2.17. The maximum Gasteiger partial charge on any atom is 0.305 e. The van der Waals surface area contributed by atoms with Gasteiger partial charge in [-0.3, -0.25) is 4.79 Å². The molecule has 0 fully saturated rings. The number of hydrogen-bond donors (Lipinski definition) is 4. The highest BCUT2D eigenvalue weighted by Crippen LogP contribution is 2.28. The molecule has 5 N–H and O–H groups in total. The van der Waals surface area contributed by atoms with Crippen LogP contribution in [0.2, 0.25) is 0 Å². The van der Waals surface area contributed by atoms with Crippen LogP contribution in [0.4, 0.5) is 5.69 Å². The van der Waals surface area contributed by atoms with Gasteiger partial charge in [0.1, 0.15) is 11.3 Å². The third kappa shape index (κ3) is 7.27. The highest BCUT2D eigenvalue weighted by molar-refractivity contribution is 7.99. The van der Waals surface area contributed by atoms with Crippen molar-refractivity contribution < 1.29 is 9.84 Å². The number of nitrogens with two attached hydrogens (primary N) is 1. The van der Waals surface area contributed by atoms with E-state index in [4.69, 9.17) is 10.5 Å². The number of benzene rings is 2. The SMILES string of the molecule is CC(C)(CNCCc1ccc(O)c2[nH]c(=O)sc12)CSCCOCCc1ccccc1N. The van der Waals surface area contributed by atoms with E-state index < -0.39 is 0 Å². The first-order valence-corrected chi connectivity index (χ1v) is 12.9. The predicted octanol–water partition coefficient (Wildman–Crippen LogP) is 4.03. The van der Waals surface area contributed by atoms with E-state index in [1.165, 1.54) is 0 Å². The minimum absolute atomic E-state index is 0.126. The normalized spacial score (nSPS) is 11.9. The second-order valence-corrected chi connectivity index (χ2v) is 10.8. The number of aromatic hydroxyl groups is 1. The Hall–Kier alpha value is -2.00. The first-order valence-electron chi connectivity index (χ1n) is 10.9. The molecule has 0 unspecified atom stereocenters. The molecule has 0 bridgehead atoms. The summed E-state index contributed by atoms with van der Waals surface area (Å²) in [4.78, 5) is 14.2. The van der Waals surface area contributed by atoms with Crippen LogP contribution in [0.3, 0.4) is 0 Å². The number of ether oxygens (including phenoxy) is 1. The summed E-state index contributed by atoms with van der Waals surface area (Å²) in [6.07, 6.45) is 1.66. The van der Waals surface area contributed by atoms with Crippen LogP contribution in [0.25, 0.3) is 10.2 Å². The van der Waals surface area contributed by atoms with Crippen LogP contribution in [0.15, 0.2) is 41.2 Å². The first-order chi connectivity index (χ1) is 15.4. The molecule has 1 aromatic heterocycles. The van der Waals surface area contributed by atoms with Gasteiger partial charge in [0.2, 0.25) is 0 Å². The molecule has 0 saturated heterocycles. The third-order valence-corrected chi connectivity index (χ3v) is 7.65. The van der Waals surface area contributed by atoms with Gasteiger partial charge >= 0.3 is 4.87 Å². The molecule has 174 valence electrons. The van der Waals surface area contributed by atoms with Gasteiger partial charge in [0.05, 0.1) is 17.9 Å². The third-order valence-electron chi connectivity index (χ3n) is 5.25. The number of nitrogens with one attached hydrogen (secondary N) is 2. The summed E-state index contributed by atoms with van der Waals surface area (Å²) < 4.78 is 6.62. The average Bonchev–Trinajstić information content (AvgIpc) is 3.15. The molecule has 2 aromatic carbocycles. The van der Waals surface area contributed by atoms with Crippen molar-refractivity contribution >= 4 is 39.0 Å². The molecule has 3 aromatic rings. The van der Waals surface area contributed by atoms with E-state index in [0.717, 1.165) is 76.9 Å². The summed E-state index contributed by atoms with van der Waals surface area (Å²) in [5, 5.41) is 13.4. The number of phenolic OH excluding ortho intramolecular Hbond substituents is 1. The van der Waals surface area contributed by atoms with Crippen LogP contribution >= 0.6 is 23.1 Å². The van der Waals surface area contributed by atoms with Crippen molar-refractivity contribution in [1.29, 1.82) is 0 Å². The maximum absolute atomic E-state index is 11.6. The quantitative estimate of drug-likeness (QED) is 0.220. The molecular formula is C24H33N3O3S2. The highest BCUT2D eigenvalue weighted by atomic mass is 32.2. The Labute approximate surface area is 197 Å². The zero-order chi connectivity index (χ0) is 23.0. The number of thiazole rings is 1. The second-order valence-electron chi connectivity index (χ2n) is 8.67. The van der Waals surface area contributed by atoms with Crippen LogP contribution in [0, 0.1) is 5.41 Å². The molecule has 0 atom stereocenters. The van der Waals surface area contributed by atoms with Crippen LogP contribution < -0.4 is 15.9 Å². The summed E-state index contributed by atoms with van der Waals surface area (Å²) in [5.74, 6) is 2.16. The lowest BCUT2D eigenvalue weighted by molar-refractivity contribution is 0.153. The molecule has 0 aliphatic rings. The molecule has 1 heterocycles. The van der Waals surface area contributed by atoms with Crippen LogP contribution in [-0.4, -0.2) is 47.9 Å². The van der Waals surface area contributed by atoms with Gasteiger partial charge in [-0.25, -0.2) is 0 Å². The fraction of sp³-hybridized carbons (Fsp3) is 0.458. The number of H-pyrrole nitrogens is 1. The fourth-order valence-electron chi connectivity index (χ4n) is 3.48. The minimum atomic E-state index is -0.137. The molecule has 0 aliphatic heterocycles. The van der Waals surface area contributed by atoms with Crippen molar-refractivity contribution in [2.24, 2.45) is 5.41 Å². The molecule has 0 radical (unpaired) electrons. The van der Waals surface area contributed by atoms with Gasteiger partial charge in [0.25, 0.3) is 0 Å². The summed E-state index contributed by atoms with van der Waals surface area (Å²) >= 11 is 3.07. The monoisotopic (exact) mass is 475 g/mol. The number of para-hydroxylation sites is 1. The van der Waals surface area contributed by atoms with Crippen molar-refractivity contribution in [1.82, 2.24) is 10.3 Å². The largest absolute Gasteiger partial charge is 0.506 e. The Kier molecular flexibility index (Phi) is 9.04. The number of hydrogen-bond acceptors (Lipinski definition) is 7. The smallest absolute Gasteiger partial charge is 0.305 e. The molecule has 3 rings (SSSR count). The molecule has 0 amide bonds. The van der Waals surface area contributed by atoms with Gasteiger partial charge in [-0.15, -0.1) is 0 Å². The Bertz CT molecular complexity index is 1060. The Balaban J connectivity index is 1.29. The van der Waals surface area contributed by atoms with Gasteiger partial charge in [-0.05, 0) is 53.8 Å². The fourth-order valence-corrected chi connectivity index (χ4v) is 5.42. The van der Waals surface area contributed by atoms with Crippen molar-refractivity contribution in [3.63, 3.8) is 0 Å². The molecule has 0 aliphatic carbocycles. The lowest BCUT2D eigenvalue weighted by Crippen LogP contribution is -2.32. The molecule has 6 nitrogen and oxygen atoms in total. The van der Waals surface area contributed by atoms with Gasteiger partial charge < -0.3 is 25.9 Å². The number of rotatable bonds is 13. The molecule has 0 spiro atoms. The lowest BCUT2D eigenvalue weighted by Gasteiger charge is -2.24. The predicted molar refractivity (Wildman–Crippen MR) is 137 cm³/mol. The Morgan fingerprint density at radius 2 is 1.97 bits per heavy atom. The number of phenols is 1. The van der Waals surface area contributed by atoms with E-state index in [1.807, 2.05) is 42.1 Å². The van der Waals surface area contributed by atoms with Gasteiger partial charge in [-0.2, -0.15) is 11.8 Å². The topological polar surface area (TPSA) is 100 Å². The van der Waals surface area contributed by atoms with Gasteiger partial charge in [-0.1, -0.05) is 49.4 Å².